The number of ether oxygens (including phenoxy) is 2. The molecule has 24 heavy (non-hydrogen) atoms. The molecule has 1 aromatic carbocycles. The summed E-state index contributed by atoms with van der Waals surface area (Å²) >= 11 is 0. The summed E-state index contributed by atoms with van der Waals surface area (Å²) in [5, 5.41) is 0. The van der Waals surface area contributed by atoms with Crippen molar-refractivity contribution in [3.05, 3.63) is 60.1 Å². The molecular weight excluding hydrogens is 310 g/mol. The second kappa shape index (κ2) is 8.57. The molecule has 0 aliphatic carbocycles. The smallest absolute Gasteiger partial charge is 0.331 e. The maximum absolute atomic E-state index is 12.0. The predicted molar refractivity (Wildman–Crippen MR) is 88.2 cm³/mol. The van der Waals surface area contributed by atoms with Crippen LogP contribution in [0.25, 0.3) is 6.08 Å². The first-order valence-corrected chi connectivity index (χ1v) is 7.34. The number of furan rings is 1. The van der Waals surface area contributed by atoms with Crippen molar-refractivity contribution in [3.63, 3.8) is 0 Å². The number of esters is 1. The van der Waals surface area contributed by atoms with Gasteiger partial charge in [0.25, 0.3) is 5.91 Å². The number of nitrogens with zero attached hydrogens (tertiary/aromatic N) is 1. The molecule has 1 amide bonds. The molecule has 6 nitrogen and oxygen atoms in total. The molecule has 126 valence electrons. The Morgan fingerprint density at radius 2 is 2.00 bits per heavy atom. The van der Waals surface area contributed by atoms with E-state index in [9.17, 15) is 9.59 Å². The minimum atomic E-state index is -0.606. The van der Waals surface area contributed by atoms with Gasteiger partial charge in [-0.25, -0.2) is 4.79 Å². The van der Waals surface area contributed by atoms with Crippen molar-refractivity contribution < 1.29 is 23.5 Å². The first-order chi connectivity index (χ1) is 11.6. The van der Waals surface area contributed by atoms with Crippen LogP contribution in [0.1, 0.15) is 11.3 Å². The third-order valence-electron chi connectivity index (χ3n) is 3.29. The van der Waals surface area contributed by atoms with Gasteiger partial charge >= 0.3 is 5.97 Å². The molecule has 0 saturated heterocycles. The van der Waals surface area contributed by atoms with E-state index in [-0.39, 0.29) is 12.5 Å². The fraction of sp³-hybridized carbons (Fsp3) is 0.222. The lowest BCUT2D eigenvalue weighted by Gasteiger charge is -2.18. The van der Waals surface area contributed by atoms with Crippen LogP contribution in [0.2, 0.25) is 0 Å². The van der Waals surface area contributed by atoms with Crippen LogP contribution in [0, 0.1) is 0 Å². The molecule has 0 unspecified atom stereocenters. The number of likely N-dealkylation sites (N-methyl/N-ethyl adjacent to an activating group) is 1. The highest BCUT2D eigenvalue weighted by Crippen LogP contribution is 2.18. The zero-order valence-corrected chi connectivity index (χ0v) is 13.6. The Morgan fingerprint density at radius 1 is 1.21 bits per heavy atom. The molecular formula is C18H19NO5. The minimum Gasteiger partial charge on any atom is -0.496 e. The van der Waals surface area contributed by atoms with Crippen LogP contribution in [0.4, 0.5) is 0 Å². The number of carbonyl (C=O) groups excluding carboxylic acids is 2. The van der Waals surface area contributed by atoms with Crippen LogP contribution in [0.5, 0.6) is 5.75 Å². The lowest BCUT2D eigenvalue weighted by atomic mass is 10.2. The van der Waals surface area contributed by atoms with Gasteiger partial charge < -0.3 is 18.8 Å². The van der Waals surface area contributed by atoms with E-state index in [4.69, 9.17) is 13.9 Å². The monoisotopic (exact) mass is 329 g/mol. The van der Waals surface area contributed by atoms with E-state index >= 15 is 0 Å². The van der Waals surface area contributed by atoms with Gasteiger partial charge in [0, 0.05) is 25.2 Å². The highest BCUT2D eigenvalue weighted by atomic mass is 16.5. The maximum atomic E-state index is 12.0. The van der Waals surface area contributed by atoms with Crippen molar-refractivity contribution in [2.45, 2.75) is 6.54 Å². The normalized spacial score (nSPS) is 10.6. The Morgan fingerprint density at radius 3 is 2.71 bits per heavy atom. The van der Waals surface area contributed by atoms with E-state index in [0.29, 0.717) is 18.1 Å². The topological polar surface area (TPSA) is 69.0 Å². The van der Waals surface area contributed by atoms with Crippen molar-refractivity contribution >= 4 is 18.0 Å². The number of benzene rings is 1. The number of rotatable bonds is 7. The van der Waals surface area contributed by atoms with Crippen LogP contribution in [-0.2, 0) is 20.9 Å². The molecule has 0 aliphatic rings. The van der Waals surface area contributed by atoms with E-state index < -0.39 is 5.97 Å². The van der Waals surface area contributed by atoms with E-state index in [1.54, 1.807) is 26.3 Å². The van der Waals surface area contributed by atoms with Gasteiger partial charge in [0.1, 0.15) is 11.5 Å². The molecule has 0 spiro atoms. The average molecular weight is 329 g/mol. The first kappa shape index (κ1) is 17.3. The van der Waals surface area contributed by atoms with Crippen LogP contribution in [0.15, 0.2) is 53.2 Å². The lowest BCUT2D eigenvalue weighted by molar-refractivity contribution is -0.147. The summed E-state index contributed by atoms with van der Waals surface area (Å²) in [5.74, 6) is 0.327. The van der Waals surface area contributed by atoms with Gasteiger partial charge in [0.15, 0.2) is 6.61 Å². The minimum absolute atomic E-state index is 0.305. The van der Waals surface area contributed by atoms with Crippen LogP contribution >= 0.6 is 0 Å². The molecule has 1 aromatic heterocycles. The fourth-order valence-corrected chi connectivity index (χ4v) is 2.00. The molecule has 0 fully saturated rings. The van der Waals surface area contributed by atoms with Gasteiger partial charge in [0.2, 0.25) is 0 Å². The molecule has 0 radical (unpaired) electrons. The van der Waals surface area contributed by atoms with Crippen molar-refractivity contribution in [1.82, 2.24) is 4.90 Å². The molecule has 2 rings (SSSR count). The van der Waals surface area contributed by atoms with Crippen molar-refractivity contribution in [1.29, 1.82) is 0 Å². The number of methoxy groups -OCH3 is 1. The fourth-order valence-electron chi connectivity index (χ4n) is 2.00. The van der Waals surface area contributed by atoms with Crippen molar-refractivity contribution in [2.75, 3.05) is 20.8 Å². The number of hydrogen-bond donors (Lipinski definition) is 0. The zero-order valence-electron chi connectivity index (χ0n) is 13.6. The molecule has 0 aliphatic heterocycles. The summed E-state index contributed by atoms with van der Waals surface area (Å²) in [7, 11) is 3.22. The Kier molecular flexibility index (Phi) is 6.19. The molecule has 6 heteroatoms. The Hall–Kier alpha value is -3.02. The zero-order chi connectivity index (χ0) is 17.4. The summed E-state index contributed by atoms with van der Waals surface area (Å²) in [6.45, 7) is 0.0373. The van der Waals surface area contributed by atoms with Crippen LogP contribution in [-0.4, -0.2) is 37.5 Å². The number of amides is 1. The largest absolute Gasteiger partial charge is 0.496 e. The Balaban J connectivity index is 1.82. The Labute approximate surface area is 140 Å². The third kappa shape index (κ3) is 5.01. The van der Waals surface area contributed by atoms with E-state index in [1.165, 1.54) is 23.3 Å². The van der Waals surface area contributed by atoms with Gasteiger partial charge in [0.05, 0.1) is 13.4 Å². The number of carbonyl (C=O) groups is 2. The second-order valence-corrected chi connectivity index (χ2v) is 5.02. The van der Waals surface area contributed by atoms with E-state index in [0.717, 1.165) is 5.56 Å². The average Bonchev–Trinajstić information content (AvgIpc) is 3.11. The summed E-state index contributed by atoms with van der Waals surface area (Å²) < 4.78 is 15.2. The van der Waals surface area contributed by atoms with Gasteiger partial charge in [-0.15, -0.1) is 0 Å². The summed E-state index contributed by atoms with van der Waals surface area (Å²) in [6, 6.07) is 10.8. The maximum Gasteiger partial charge on any atom is 0.331 e. The van der Waals surface area contributed by atoms with Crippen molar-refractivity contribution in [2.24, 2.45) is 0 Å². The molecule has 0 atom stereocenters. The van der Waals surface area contributed by atoms with Crippen LogP contribution < -0.4 is 4.74 Å². The first-order valence-electron chi connectivity index (χ1n) is 7.34. The lowest BCUT2D eigenvalue weighted by Crippen LogP contribution is -2.30. The van der Waals surface area contributed by atoms with Gasteiger partial charge in [-0.05, 0) is 24.3 Å². The molecule has 0 saturated carbocycles. The highest BCUT2D eigenvalue weighted by molar-refractivity contribution is 5.88. The molecule has 1 heterocycles. The van der Waals surface area contributed by atoms with Gasteiger partial charge in [-0.3, -0.25) is 4.79 Å². The standard InChI is InChI=1S/C18H19NO5/c1-19(12-14-6-3-4-8-16(14)22-2)17(20)13-24-18(21)10-9-15-7-5-11-23-15/h3-11H,12-13H2,1-2H3/b10-9+. The number of para-hydroxylation sites is 1. The summed E-state index contributed by atoms with van der Waals surface area (Å²) in [5.41, 5.74) is 0.875. The number of hydrogen-bond acceptors (Lipinski definition) is 5. The summed E-state index contributed by atoms with van der Waals surface area (Å²) in [4.78, 5) is 25.1. The summed E-state index contributed by atoms with van der Waals surface area (Å²) in [6.07, 6.45) is 4.19. The molecule has 0 N–H and O–H groups in total. The second-order valence-electron chi connectivity index (χ2n) is 5.02. The van der Waals surface area contributed by atoms with E-state index in [2.05, 4.69) is 0 Å². The molecule has 2 aromatic rings. The molecule has 0 bridgehead atoms. The highest BCUT2D eigenvalue weighted by Gasteiger charge is 2.13. The van der Waals surface area contributed by atoms with Gasteiger partial charge in [-0.2, -0.15) is 0 Å². The SMILES string of the molecule is COc1ccccc1CN(C)C(=O)COC(=O)/C=C/c1ccco1. The van der Waals surface area contributed by atoms with E-state index in [1.807, 2.05) is 24.3 Å². The van der Waals surface area contributed by atoms with Crippen molar-refractivity contribution in [3.8, 4) is 5.75 Å². The van der Waals surface area contributed by atoms with Gasteiger partial charge in [-0.1, -0.05) is 18.2 Å². The third-order valence-corrected chi connectivity index (χ3v) is 3.29. The predicted octanol–water partition coefficient (Wildman–Crippen LogP) is 2.50. The quantitative estimate of drug-likeness (QED) is 0.577. The van der Waals surface area contributed by atoms with Crippen LogP contribution in [0.3, 0.4) is 0 Å². The Bertz CT molecular complexity index is 706.